The van der Waals surface area contributed by atoms with Gasteiger partial charge in [-0.15, -0.1) is 0 Å². The number of rotatable bonds is 7. The topological polar surface area (TPSA) is 116 Å². The summed E-state index contributed by atoms with van der Waals surface area (Å²) in [7, 11) is 0. The van der Waals surface area contributed by atoms with Crippen molar-refractivity contribution in [3.63, 3.8) is 0 Å². The van der Waals surface area contributed by atoms with Crippen molar-refractivity contribution in [2.24, 2.45) is 5.92 Å². The second kappa shape index (κ2) is 9.27. The largest absolute Gasteiger partial charge is 0.373 e. The lowest BCUT2D eigenvalue weighted by atomic mass is 9.96. The predicted molar refractivity (Wildman–Crippen MR) is 122 cm³/mol. The van der Waals surface area contributed by atoms with E-state index in [2.05, 4.69) is 44.8 Å². The van der Waals surface area contributed by atoms with Gasteiger partial charge in [0.15, 0.2) is 5.82 Å². The molecule has 3 unspecified atom stereocenters. The van der Waals surface area contributed by atoms with Crippen LogP contribution in [0, 0.1) is 17.2 Å². The molecule has 3 atom stereocenters. The Bertz CT molecular complexity index is 1090. The van der Waals surface area contributed by atoms with Crippen LogP contribution in [0.25, 0.3) is 22.3 Å². The molecule has 5 rings (SSSR count). The fourth-order valence-corrected chi connectivity index (χ4v) is 5.06. The van der Waals surface area contributed by atoms with E-state index in [4.69, 9.17) is 9.84 Å². The summed E-state index contributed by atoms with van der Waals surface area (Å²) < 4.78 is 7.96. The molecule has 3 aromatic rings. The number of ether oxygens (including phenoxy) is 1. The SMILES string of the molecule is CC(Nc1nn(C(CC#N)C2CCCC2)cc1-c1ncnc2[nH]ccc12)C1CNCCO1. The zero-order valence-corrected chi connectivity index (χ0v) is 18.4. The van der Waals surface area contributed by atoms with Gasteiger partial charge in [-0.1, -0.05) is 12.8 Å². The Labute approximate surface area is 187 Å². The first kappa shape index (κ1) is 20.9. The average molecular weight is 435 g/mol. The molecule has 0 radical (unpaired) electrons. The molecular formula is C23H30N8O. The molecule has 3 aromatic heterocycles. The molecule has 2 fully saturated rings. The van der Waals surface area contributed by atoms with Crippen LogP contribution in [0.1, 0.15) is 45.1 Å². The van der Waals surface area contributed by atoms with Crippen LogP contribution in [-0.4, -0.2) is 56.6 Å². The van der Waals surface area contributed by atoms with Gasteiger partial charge >= 0.3 is 0 Å². The molecule has 9 heteroatoms. The highest BCUT2D eigenvalue weighted by molar-refractivity contribution is 5.93. The minimum Gasteiger partial charge on any atom is -0.373 e. The van der Waals surface area contributed by atoms with E-state index in [-0.39, 0.29) is 18.2 Å². The number of nitrogens with one attached hydrogen (secondary N) is 3. The monoisotopic (exact) mass is 434 g/mol. The summed E-state index contributed by atoms with van der Waals surface area (Å²) in [6.45, 7) is 4.52. The summed E-state index contributed by atoms with van der Waals surface area (Å²) in [4.78, 5) is 12.1. The van der Waals surface area contributed by atoms with Crippen LogP contribution >= 0.6 is 0 Å². The van der Waals surface area contributed by atoms with E-state index in [1.807, 2.05) is 16.9 Å². The van der Waals surface area contributed by atoms with Gasteiger partial charge in [-0.2, -0.15) is 10.4 Å². The molecule has 2 aliphatic rings. The van der Waals surface area contributed by atoms with E-state index in [9.17, 15) is 5.26 Å². The maximum Gasteiger partial charge on any atom is 0.157 e. The second-order valence-corrected chi connectivity index (χ2v) is 8.85. The molecular weight excluding hydrogens is 404 g/mol. The number of H-pyrrole nitrogens is 1. The van der Waals surface area contributed by atoms with Crippen molar-refractivity contribution in [3.8, 4) is 17.3 Å². The summed E-state index contributed by atoms with van der Waals surface area (Å²) in [5.74, 6) is 1.25. The van der Waals surface area contributed by atoms with E-state index < -0.39 is 0 Å². The van der Waals surface area contributed by atoms with Crippen molar-refractivity contribution >= 4 is 16.9 Å². The molecule has 1 saturated heterocycles. The third-order valence-electron chi connectivity index (χ3n) is 6.80. The molecule has 4 heterocycles. The standard InChI is InChI=1S/C23H30N8O/c1-15(20-12-25-10-11-32-20)29-23-18(21-17-7-9-26-22(17)28-14-27-21)13-31(30-23)19(6-8-24)16-4-2-3-5-16/h7,9,13-16,19-20,25H,2-6,10-12H2,1H3,(H,29,30)(H,26,27,28). The van der Waals surface area contributed by atoms with Crippen molar-refractivity contribution in [1.29, 1.82) is 5.26 Å². The van der Waals surface area contributed by atoms with Crippen molar-refractivity contribution < 1.29 is 4.74 Å². The van der Waals surface area contributed by atoms with Gasteiger partial charge in [0, 0.05) is 30.9 Å². The zero-order chi connectivity index (χ0) is 21.9. The Morgan fingerprint density at radius 2 is 2.22 bits per heavy atom. The van der Waals surface area contributed by atoms with Gasteiger partial charge in [0.1, 0.15) is 12.0 Å². The number of nitriles is 1. The van der Waals surface area contributed by atoms with Crippen LogP contribution in [0.5, 0.6) is 0 Å². The van der Waals surface area contributed by atoms with Crippen LogP contribution in [0.3, 0.4) is 0 Å². The third kappa shape index (κ3) is 4.08. The molecule has 1 aliphatic carbocycles. The quantitative estimate of drug-likeness (QED) is 0.522. The second-order valence-electron chi connectivity index (χ2n) is 8.85. The van der Waals surface area contributed by atoms with Crippen LogP contribution in [-0.2, 0) is 4.74 Å². The van der Waals surface area contributed by atoms with Gasteiger partial charge in [0.25, 0.3) is 0 Å². The van der Waals surface area contributed by atoms with Gasteiger partial charge in [0.05, 0.1) is 48.5 Å². The fraction of sp³-hybridized carbons (Fsp3) is 0.565. The van der Waals surface area contributed by atoms with E-state index in [1.165, 1.54) is 12.8 Å². The van der Waals surface area contributed by atoms with Crippen LogP contribution in [0.4, 0.5) is 5.82 Å². The number of fused-ring (bicyclic) bond motifs is 1. The molecule has 9 nitrogen and oxygen atoms in total. The molecule has 0 spiro atoms. The maximum absolute atomic E-state index is 9.53. The predicted octanol–water partition coefficient (Wildman–Crippen LogP) is 3.26. The van der Waals surface area contributed by atoms with Crippen molar-refractivity contribution in [2.45, 2.75) is 57.2 Å². The highest BCUT2D eigenvalue weighted by Gasteiger charge is 2.30. The average Bonchev–Trinajstić information content (AvgIpc) is 3.59. The first-order valence-corrected chi connectivity index (χ1v) is 11.6. The van der Waals surface area contributed by atoms with E-state index in [0.717, 1.165) is 54.0 Å². The minimum atomic E-state index is 0.0594. The number of hydrogen-bond donors (Lipinski definition) is 3. The first-order valence-electron chi connectivity index (χ1n) is 11.6. The first-order chi connectivity index (χ1) is 15.7. The number of nitrogens with zero attached hydrogens (tertiary/aromatic N) is 5. The summed E-state index contributed by atoms with van der Waals surface area (Å²) in [5, 5.41) is 22.5. The van der Waals surface area contributed by atoms with Crippen molar-refractivity contribution in [2.75, 3.05) is 25.0 Å². The number of anilines is 1. The van der Waals surface area contributed by atoms with E-state index >= 15 is 0 Å². The van der Waals surface area contributed by atoms with E-state index in [0.29, 0.717) is 18.9 Å². The molecule has 1 saturated carbocycles. The summed E-state index contributed by atoms with van der Waals surface area (Å²) in [6.07, 6.45) is 10.8. The zero-order valence-electron chi connectivity index (χ0n) is 18.4. The summed E-state index contributed by atoms with van der Waals surface area (Å²) >= 11 is 0. The van der Waals surface area contributed by atoms with Gasteiger partial charge in [-0.05, 0) is 31.7 Å². The number of aromatic amines is 1. The van der Waals surface area contributed by atoms with Crippen molar-refractivity contribution in [3.05, 3.63) is 24.8 Å². The molecule has 32 heavy (non-hydrogen) atoms. The van der Waals surface area contributed by atoms with Gasteiger partial charge < -0.3 is 20.4 Å². The number of morpholine rings is 1. The van der Waals surface area contributed by atoms with Crippen LogP contribution in [0.15, 0.2) is 24.8 Å². The Morgan fingerprint density at radius 3 is 3.00 bits per heavy atom. The molecule has 0 aromatic carbocycles. The number of hydrogen-bond acceptors (Lipinski definition) is 7. The lowest BCUT2D eigenvalue weighted by molar-refractivity contribution is 0.0201. The van der Waals surface area contributed by atoms with Crippen LogP contribution in [0.2, 0.25) is 0 Å². The molecule has 0 amide bonds. The lowest BCUT2D eigenvalue weighted by Crippen LogP contribution is -2.46. The van der Waals surface area contributed by atoms with Gasteiger partial charge in [-0.3, -0.25) is 4.68 Å². The highest BCUT2D eigenvalue weighted by Crippen LogP contribution is 2.38. The Morgan fingerprint density at radius 1 is 1.34 bits per heavy atom. The van der Waals surface area contributed by atoms with Crippen LogP contribution < -0.4 is 10.6 Å². The molecule has 168 valence electrons. The Hall–Kier alpha value is -2.96. The van der Waals surface area contributed by atoms with Crippen molar-refractivity contribution in [1.82, 2.24) is 30.0 Å². The summed E-state index contributed by atoms with van der Waals surface area (Å²) in [5.41, 5.74) is 2.56. The summed E-state index contributed by atoms with van der Waals surface area (Å²) in [6, 6.07) is 4.52. The van der Waals surface area contributed by atoms with Gasteiger partial charge in [-0.25, -0.2) is 9.97 Å². The lowest BCUT2D eigenvalue weighted by Gasteiger charge is -2.29. The van der Waals surface area contributed by atoms with Gasteiger partial charge in [0.2, 0.25) is 0 Å². The Balaban J connectivity index is 1.54. The maximum atomic E-state index is 9.53. The Kier molecular flexibility index (Phi) is 6.06. The normalized spacial score (nSPS) is 21.4. The highest BCUT2D eigenvalue weighted by atomic mass is 16.5. The fourth-order valence-electron chi connectivity index (χ4n) is 5.06. The minimum absolute atomic E-state index is 0.0594. The molecule has 0 bridgehead atoms. The molecule has 3 N–H and O–H groups in total. The van der Waals surface area contributed by atoms with E-state index in [1.54, 1.807) is 6.33 Å². The number of aromatic nitrogens is 5. The third-order valence-corrected chi connectivity index (χ3v) is 6.80. The smallest absolute Gasteiger partial charge is 0.157 e. The molecule has 1 aliphatic heterocycles.